The van der Waals surface area contributed by atoms with Crippen LogP contribution in [0.4, 0.5) is 5.69 Å². The van der Waals surface area contributed by atoms with E-state index in [-0.39, 0.29) is 0 Å². The zero-order valence-electron chi connectivity index (χ0n) is 7.87. The van der Waals surface area contributed by atoms with E-state index in [1.54, 1.807) is 6.20 Å². The highest BCUT2D eigenvalue weighted by Crippen LogP contribution is 2.31. The average Bonchev–Trinajstić information content (AvgIpc) is 2.17. The maximum atomic E-state index is 5.45. The first-order valence-corrected chi connectivity index (χ1v) is 4.51. The zero-order valence-corrected chi connectivity index (χ0v) is 7.87. The van der Waals surface area contributed by atoms with Crippen molar-refractivity contribution < 1.29 is 4.74 Å². The molecule has 1 N–H and O–H groups in total. The molecule has 4 heteroatoms. The SMILES string of the molecule is CC(C)c1nncc2c1NCCO2. The number of nitrogens with one attached hydrogen (secondary N) is 1. The van der Waals surface area contributed by atoms with Crippen LogP contribution in [-0.4, -0.2) is 23.3 Å². The molecule has 0 aromatic carbocycles. The van der Waals surface area contributed by atoms with Crippen molar-refractivity contribution in [3.05, 3.63) is 11.9 Å². The molecule has 0 aliphatic carbocycles. The molecule has 2 heterocycles. The van der Waals surface area contributed by atoms with E-state index in [4.69, 9.17) is 4.74 Å². The highest BCUT2D eigenvalue weighted by Gasteiger charge is 2.17. The molecule has 1 aromatic rings. The summed E-state index contributed by atoms with van der Waals surface area (Å²) in [5.41, 5.74) is 1.99. The second kappa shape index (κ2) is 3.20. The van der Waals surface area contributed by atoms with Gasteiger partial charge in [0.25, 0.3) is 0 Å². The van der Waals surface area contributed by atoms with Crippen LogP contribution < -0.4 is 10.1 Å². The Hall–Kier alpha value is -1.32. The summed E-state index contributed by atoms with van der Waals surface area (Å²) in [5, 5.41) is 11.3. The molecule has 1 aromatic heterocycles. The minimum Gasteiger partial charge on any atom is -0.488 e. The summed E-state index contributed by atoms with van der Waals surface area (Å²) in [6.07, 6.45) is 1.66. The summed E-state index contributed by atoms with van der Waals surface area (Å²) in [4.78, 5) is 0. The van der Waals surface area contributed by atoms with Gasteiger partial charge in [-0.25, -0.2) is 0 Å². The second-order valence-electron chi connectivity index (χ2n) is 3.40. The molecule has 13 heavy (non-hydrogen) atoms. The molecule has 0 bridgehead atoms. The van der Waals surface area contributed by atoms with Crippen molar-refractivity contribution in [2.45, 2.75) is 19.8 Å². The molecule has 0 amide bonds. The standard InChI is InChI=1S/C9H13N3O/c1-6(2)8-9-7(5-11-12-8)13-4-3-10-9/h5-6,10H,3-4H2,1-2H3. The summed E-state index contributed by atoms with van der Waals surface area (Å²) < 4.78 is 5.45. The van der Waals surface area contributed by atoms with Crippen molar-refractivity contribution in [3.63, 3.8) is 0 Å². The van der Waals surface area contributed by atoms with Crippen LogP contribution >= 0.6 is 0 Å². The summed E-state index contributed by atoms with van der Waals surface area (Å²) in [6.45, 7) is 5.75. The van der Waals surface area contributed by atoms with Crippen molar-refractivity contribution in [2.24, 2.45) is 0 Å². The number of hydrogen-bond acceptors (Lipinski definition) is 4. The monoisotopic (exact) mass is 179 g/mol. The number of nitrogens with zero attached hydrogens (tertiary/aromatic N) is 2. The largest absolute Gasteiger partial charge is 0.488 e. The van der Waals surface area contributed by atoms with E-state index in [9.17, 15) is 0 Å². The van der Waals surface area contributed by atoms with Gasteiger partial charge in [0.1, 0.15) is 12.3 Å². The van der Waals surface area contributed by atoms with Crippen molar-refractivity contribution in [2.75, 3.05) is 18.5 Å². The van der Waals surface area contributed by atoms with Gasteiger partial charge >= 0.3 is 0 Å². The Balaban J connectivity index is 2.46. The Morgan fingerprint density at radius 2 is 2.38 bits per heavy atom. The lowest BCUT2D eigenvalue weighted by molar-refractivity contribution is 0.320. The molecule has 0 atom stereocenters. The molecule has 0 unspecified atom stereocenters. The fraction of sp³-hybridized carbons (Fsp3) is 0.556. The first kappa shape index (κ1) is 8.29. The summed E-state index contributed by atoms with van der Waals surface area (Å²) in [6, 6.07) is 0. The lowest BCUT2D eigenvalue weighted by Crippen LogP contribution is -2.20. The van der Waals surface area contributed by atoms with Crippen LogP contribution in [0.5, 0.6) is 5.75 Å². The average molecular weight is 179 g/mol. The predicted molar refractivity (Wildman–Crippen MR) is 50.1 cm³/mol. The van der Waals surface area contributed by atoms with Gasteiger partial charge in [0.2, 0.25) is 0 Å². The molecule has 0 fully saturated rings. The summed E-state index contributed by atoms with van der Waals surface area (Å²) in [7, 11) is 0. The Morgan fingerprint density at radius 1 is 1.54 bits per heavy atom. The minimum absolute atomic E-state index is 0.372. The van der Waals surface area contributed by atoms with Gasteiger partial charge in [0.05, 0.1) is 11.9 Å². The van der Waals surface area contributed by atoms with Gasteiger partial charge < -0.3 is 10.1 Å². The van der Waals surface area contributed by atoms with Crippen LogP contribution in [0.3, 0.4) is 0 Å². The van der Waals surface area contributed by atoms with Gasteiger partial charge in [-0.2, -0.15) is 10.2 Å². The normalized spacial score (nSPS) is 14.7. The molecular formula is C9H13N3O. The molecule has 70 valence electrons. The molecule has 4 nitrogen and oxygen atoms in total. The topological polar surface area (TPSA) is 47.0 Å². The molecular weight excluding hydrogens is 166 g/mol. The maximum Gasteiger partial charge on any atom is 0.164 e. The van der Waals surface area contributed by atoms with Crippen molar-refractivity contribution in [3.8, 4) is 5.75 Å². The maximum absolute atomic E-state index is 5.45. The predicted octanol–water partition coefficient (Wildman–Crippen LogP) is 1.40. The quantitative estimate of drug-likeness (QED) is 0.708. The first-order chi connectivity index (χ1) is 6.29. The van der Waals surface area contributed by atoms with Crippen LogP contribution in [0.15, 0.2) is 6.20 Å². The lowest BCUT2D eigenvalue weighted by atomic mass is 10.1. The van der Waals surface area contributed by atoms with Gasteiger partial charge in [0.15, 0.2) is 5.75 Å². The van der Waals surface area contributed by atoms with Gasteiger partial charge in [-0.1, -0.05) is 13.8 Å². The fourth-order valence-corrected chi connectivity index (χ4v) is 1.41. The van der Waals surface area contributed by atoms with E-state index in [0.29, 0.717) is 12.5 Å². The Morgan fingerprint density at radius 3 is 3.15 bits per heavy atom. The highest BCUT2D eigenvalue weighted by atomic mass is 16.5. The Kier molecular flexibility index (Phi) is 2.04. The van der Waals surface area contributed by atoms with Crippen LogP contribution in [0.2, 0.25) is 0 Å². The smallest absolute Gasteiger partial charge is 0.164 e. The van der Waals surface area contributed by atoms with Gasteiger partial charge in [-0.15, -0.1) is 0 Å². The van der Waals surface area contributed by atoms with E-state index in [2.05, 4.69) is 29.4 Å². The molecule has 0 radical (unpaired) electrons. The Bertz CT molecular complexity index is 312. The Labute approximate surface area is 77.3 Å². The summed E-state index contributed by atoms with van der Waals surface area (Å²) >= 11 is 0. The van der Waals surface area contributed by atoms with Crippen LogP contribution in [0.25, 0.3) is 0 Å². The van der Waals surface area contributed by atoms with Crippen LogP contribution in [-0.2, 0) is 0 Å². The molecule has 0 saturated heterocycles. The first-order valence-electron chi connectivity index (χ1n) is 4.51. The van der Waals surface area contributed by atoms with E-state index in [0.717, 1.165) is 23.7 Å². The number of fused-ring (bicyclic) bond motifs is 1. The molecule has 1 aliphatic rings. The van der Waals surface area contributed by atoms with Gasteiger partial charge in [-0.05, 0) is 5.92 Å². The minimum atomic E-state index is 0.372. The number of rotatable bonds is 1. The highest BCUT2D eigenvalue weighted by molar-refractivity contribution is 5.60. The van der Waals surface area contributed by atoms with E-state index in [1.807, 2.05) is 0 Å². The van der Waals surface area contributed by atoms with E-state index < -0.39 is 0 Å². The zero-order chi connectivity index (χ0) is 9.26. The number of aromatic nitrogens is 2. The van der Waals surface area contributed by atoms with E-state index >= 15 is 0 Å². The molecule has 1 aliphatic heterocycles. The lowest BCUT2D eigenvalue weighted by Gasteiger charge is -2.21. The molecule has 0 spiro atoms. The molecule has 0 saturated carbocycles. The number of ether oxygens (including phenoxy) is 1. The van der Waals surface area contributed by atoms with Crippen molar-refractivity contribution in [1.29, 1.82) is 0 Å². The van der Waals surface area contributed by atoms with Gasteiger partial charge in [-0.3, -0.25) is 0 Å². The molecule has 2 rings (SSSR count). The fourth-order valence-electron chi connectivity index (χ4n) is 1.41. The van der Waals surface area contributed by atoms with Crippen LogP contribution in [0, 0.1) is 0 Å². The third-order valence-corrected chi connectivity index (χ3v) is 2.05. The number of anilines is 1. The summed E-state index contributed by atoms with van der Waals surface area (Å²) in [5.74, 6) is 1.20. The van der Waals surface area contributed by atoms with Crippen molar-refractivity contribution >= 4 is 5.69 Å². The van der Waals surface area contributed by atoms with E-state index in [1.165, 1.54) is 0 Å². The van der Waals surface area contributed by atoms with Crippen molar-refractivity contribution in [1.82, 2.24) is 10.2 Å². The second-order valence-corrected chi connectivity index (χ2v) is 3.40. The third kappa shape index (κ3) is 1.43. The van der Waals surface area contributed by atoms with Gasteiger partial charge in [0, 0.05) is 6.54 Å². The number of hydrogen-bond donors (Lipinski definition) is 1. The van der Waals surface area contributed by atoms with Crippen LogP contribution in [0.1, 0.15) is 25.5 Å². The third-order valence-electron chi connectivity index (χ3n) is 2.05.